The summed E-state index contributed by atoms with van der Waals surface area (Å²) >= 11 is 0. The molecule has 7 heteroatoms. The molecule has 0 saturated heterocycles. The number of anilines is 1. The lowest BCUT2D eigenvalue weighted by Gasteiger charge is -2.19. The number of hydrogen-bond donors (Lipinski definition) is 2. The van der Waals surface area contributed by atoms with Crippen molar-refractivity contribution in [1.29, 1.82) is 0 Å². The number of H-pyrrole nitrogens is 1. The van der Waals surface area contributed by atoms with Crippen LogP contribution >= 0.6 is 0 Å². The van der Waals surface area contributed by atoms with Gasteiger partial charge >= 0.3 is 0 Å². The summed E-state index contributed by atoms with van der Waals surface area (Å²) < 4.78 is 15.4. The molecule has 0 radical (unpaired) electrons. The van der Waals surface area contributed by atoms with Gasteiger partial charge in [-0.1, -0.05) is 20.8 Å². The Bertz CT molecular complexity index is 1230. The number of nitrogen functional groups attached to an aromatic ring is 1. The molecule has 154 valence electrons. The Kier molecular flexibility index (Phi) is 4.17. The fraction of sp³-hybridized carbons (Fsp3) is 0.348. The van der Waals surface area contributed by atoms with Gasteiger partial charge in [0, 0.05) is 18.0 Å². The standard InChI is InChI=1S/C23H25FN6/c1-23(2,3)12-30-21-17(27-22(30)25)11-10-16(26-21)19-18(13-6-8-15(24)9-7-13)28-20(29-19)14-4-5-14/h6-11,14H,4-5,12H2,1-3H3,(H2,25,27)(H,28,29). The van der Waals surface area contributed by atoms with Gasteiger partial charge in [0.1, 0.15) is 17.2 Å². The normalized spacial score (nSPS) is 14.5. The first kappa shape index (κ1) is 18.8. The average molecular weight is 404 g/mol. The molecule has 1 aromatic carbocycles. The van der Waals surface area contributed by atoms with E-state index >= 15 is 0 Å². The predicted molar refractivity (Wildman–Crippen MR) is 116 cm³/mol. The first-order valence-corrected chi connectivity index (χ1v) is 10.3. The summed E-state index contributed by atoms with van der Waals surface area (Å²) in [4.78, 5) is 17.7. The van der Waals surface area contributed by atoms with E-state index in [2.05, 4.69) is 30.7 Å². The van der Waals surface area contributed by atoms with E-state index in [1.54, 1.807) is 12.1 Å². The summed E-state index contributed by atoms with van der Waals surface area (Å²) in [6.45, 7) is 7.19. The molecular weight excluding hydrogens is 379 g/mol. The highest BCUT2D eigenvalue weighted by molar-refractivity contribution is 5.82. The second-order valence-corrected chi connectivity index (χ2v) is 9.28. The van der Waals surface area contributed by atoms with Gasteiger partial charge in [-0.15, -0.1) is 0 Å². The number of aromatic amines is 1. The van der Waals surface area contributed by atoms with E-state index in [9.17, 15) is 4.39 Å². The van der Waals surface area contributed by atoms with Crippen molar-refractivity contribution in [1.82, 2.24) is 24.5 Å². The molecule has 5 rings (SSSR count). The topological polar surface area (TPSA) is 85.4 Å². The molecule has 6 nitrogen and oxygen atoms in total. The predicted octanol–water partition coefficient (Wildman–Crippen LogP) is 5.13. The highest BCUT2D eigenvalue weighted by atomic mass is 19.1. The van der Waals surface area contributed by atoms with Crippen LogP contribution in [0.25, 0.3) is 33.8 Å². The van der Waals surface area contributed by atoms with Gasteiger partial charge in [-0.3, -0.25) is 4.57 Å². The molecular formula is C23H25FN6. The molecule has 1 fully saturated rings. The van der Waals surface area contributed by atoms with Gasteiger partial charge in [-0.2, -0.15) is 0 Å². The van der Waals surface area contributed by atoms with Crippen molar-refractivity contribution < 1.29 is 4.39 Å². The van der Waals surface area contributed by atoms with Gasteiger partial charge in [0.25, 0.3) is 0 Å². The molecule has 30 heavy (non-hydrogen) atoms. The van der Waals surface area contributed by atoms with Crippen molar-refractivity contribution in [2.45, 2.75) is 46.1 Å². The maximum Gasteiger partial charge on any atom is 0.202 e. The second kappa shape index (κ2) is 6.65. The van der Waals surface area contributed by atoms with E-state index in [-0.39, 0.29) is 11.2 Å². The Morgan fingerprint density at radius 1 is 1.07 bits per heavy atom. The minimum atomic E-state index is -0.264. The Morgan fingerprint density at radius 3 is 2.47 bits per heavy atom. The number of aromatic nitrogens is 5. The number of fused-ring (bicyclic) bond motifs is 1. The van der Waals surface area contributed by atoms with Crippen LogP contribution in [0.1, 0.15) is 45.4 Å². The monoisotopic (exact) mass is 404 g/mol. The average Bonchev–Trinajstić information content (AvgIpc) is 3.38. The fourth-order valence-electron chi connectivity index (χ4n) is 3.73. The van der Waals surface area contributed by atoms with E-state index in [1.807, 2.05) is 16.7 Å². The third-order valence-corrected chi connectivity index (χ3v) is 5.31. The van der Waals surface area contributed by atoms with E-state index in [0.717, 1.165) is 52.5 Å². The molecule has 1 aliphatic rings. The maximum absolute atomic E-state index is 13.5. The molecule has 0 atom stereocenters. The molecule has 4 aromatic rings. The zero-order valence-electron chi connectivity index (χ0n) is 17.4. The van der Waals surface area contributed by atoms with Crippen LogP contribution in [0, 0.1) is 11.2 Å². The molecule has 3 N–H and O–H groups in total. The Hall–Kier alpha value is -3.22. The number of benzene rings is 1. The van der Waals surface area contributed by atoms with Crippen molar-refractivity contribution in [3.05, 3.63) is 48.0 Å². The number of nitrogens with zero attached hydrogens (tertiary/aromatic N) is 4. The first-order valence-electron chi connectivity index (χ1n) is 10.3. The zero-order valence-corrected chi connectivity index (χ0v) is 17.4. The van der Waals surface area contributed by atoms with Crippen molar-refractivity contribution >= 4 is 17.1 Å². The van der Waals surface area contributed by atoms with Crippen LogP contribution in [-0.4, -0.2) is 24.5 Å². The minimum absolute atomic E-state index is 0.0336. The SMILES string of the molecule is CC(C)(C)Cn1c(N)nc2ccc(-c3[nH]c(C4CC4)nc3-c3ccc(F)cc3)nc21. The third-order valence-electron chi connectivity index (χ3n) is 5.31. The van der Waals surface area contributed by atoms with Crippen molar-refractivity contribution in [3.8, 4) is 22.6 Å². The first-order chi connectivity index (χ1) is 14.3. The lowest BCUT2D eigenvalue weighted by molar-refractivity contribution is 0.350. The Morgan fingerprint density at radius 2 is 1.80 bits per heavy atom. The van der Waals surface area contributed by atoms with Crippen molar-refractivity contribution in [3.63, 3.8) is 0 Å². The highest BCUT2D eigenvalue weighted by Gasteiger charge is 2.29. The van der Waals surface area contributed by atoms with Crippen LogP contribution in [-0.2, 0) is 6.54 Å². The summed E-state index contributed by atoms with van der Waals surface area (Å²) in [6, 6.07) is 10.3. The second-order valence-electron chi connectivity index (χ2n) is 9.28. The molecule has 0 unspecified atom stereocenters. The molecule has 0 aliphatic heterocycles. The highest BCUT2D eigenvalue weighted by Crippen LogP contribution is 2.41. The molecule has 0 spiro atoms. The van der Waals surface area contributed by atoms with E-state index in [4.69, 9.17) is 15.7 Å². The number of nitrogens with two attached hydrogens (primary N) is 1. The maximum atomic E-state index is 13.5. The van der Waals surface area contributed by atoms with Gasteiger partial charge in [-0.25, -0.2) is 19.3 Å². The van der Waals surface area contributed by atoms with E-state index < -0.39 is 0 Å². The van der Waals surface area contributed by atoms with E-state index in [0.29, 0.717) is 18.4 Å². The number of nitrogens with one attached hydrogen (secondary N) is 1. The summed E-state index contributed by atoms with van der Waals surface area (Å²) in [5, 5.41) is 0. The van der Waals surface area contributed by atoms with Gasteiger partial charge in [0.05, 0.1) is 17.1 Å². The van der Waals surface area contributed by atoms with Crippen LogP contribution in [0.2, 0.25) is 0 Å². The summed E-state index contributed by atoms with van der Waals surface area (Å²) in [7, 11) is 0. The lowest BCUT2D eigenvalue weighted by Crippen LogP contribution is -2.17. The third kappa shape index (κ3) is 3.44. The van der Waals surface area contributed by atoms with Gasteiger partial charge < -0.3 is 10.7 Å². The summed E-state index contributed by atoms with van der Waals surface area (Å²) in [5.41, 5.74) is 11.0. The Balaban J connectivity index is 1.66. The number of halogens is 1. The Labute approximate surface area is 174 Å². The van der Waals surface area contributed by atoms with Crippen LogP contribution in [0.5, 0.6) is 0 Å². The number of hydrogen-bond acceptors (Lipinski definition) is 4. The molecule has 1 aliphatic carbocycles. The molecule has 3 aromatic heterocycles. The number of imidazole rings is 2. The largest absolute Gasteiger partial charge is 0.369 e. The van der Waals surface area contributed by atoms with Crippen LogP contribution in [0.4, 0.5) is 10.3 Å². The molecule has 3 heterocycles. The molecule has 1 saturated carbocycles. The zero-order chi connectivity index (χ0) is 21.0. The van der Waals surface area contributed by atoms with Crippen LogP contribution in [0.15, 0.2) is 36.4 Å². The lowest BCUT2D eigenvalue weighted by atomic mass is 9.97. The van der Waals surface area contributed by atoms with E-state index in [1.165, 1.54) is 12.1 Å². The van der Waals surface area contributed by atoms with Crippen LogP contribution < -0.4 is 5.73 Å². The smallest absolute Gasteiger partial charge is 0.202 e. The fourth-order valence-corrected chi connectivity index (χ4v) is 3.73. The van der Waals surface area contributed by atoms with Gasteiger partial charge in [-0.05, 0) is 54.7 Å². The number of rotatable bonds is 4. The quantitative estimate of drug-likeness (QED) is 0.493. The number of pyridine rings is 1. The summed E-state index contributed by atoms with van der Waals surface area (Å²) in [5.74, 6) is 1.63. The van der Waals surface area contributed by atoms with Gasteiger partial charge in [0.15, 0.2) is 5.65 Å². The van der Waals surface area contributed by atoms with Crippen LogP contribution in [0.3, 0.4) is 0 Å². The van der Waals surface area contributed by atoms with Crippen molar-refractivity contribution in [2.75, 3.05) is 5.73 Å². The molecule has 0 amide bonds. The van der Waals surface area contributed by atoms with Crippen molar-refractivity contribution in [2.24, 2.45) is 5.41 Å². The molecule has 0 bridgehead atoms. The van der Waals surface area contributed by atoms with Gasteiger partial charge in [0.2, 0.25) is 5.95 Å². The minimum Gasteiger partial charge on any atom is -0.369 e. The summed E-state index contributed by atoms with van der Waals surface area (Å²) in [6.07, 6.45) is 2.27.